The Bertz CT molecular complexity index is 404. The van der Waals surface area contributed by atoms with Gasteiger partial charge >= 0.3 is 5.97 Å². The molecule has 1 atom stereocenters. The first-order valence-electron chi connectivity index (χ1n) is 4.77. The summed E-state index contributed by atoms with van der Waals surface area (Å²) >= 11 is 0. The van der Waals surface area contributed by atoms with E-state index in [0.29, 0.717) is 0 Å². The zero-order chi connectivity index (χ0) is 12.3. The van der Waals surface area contributed by atoms with Crippen LogP contribution in [0.1, 0.15) is 24.8 Å². The molecule has 16 heavy (non-hydrogen) atoms. The second-order valence-electron chi connectivity index (χ2n) is 3.31. The van der Waals surface area contributed by atoms with Gasteiger partial charge in [-0.15, -0.1) is 0 Å². The number of halogens is 2. The van der Waals surface area contributed by atoms with E-state index in [0.717, 1.165) is 12.1 Å². The van der Waals surface area contributed by atoms with Crippen LogP contribution in [0.25, 0.3) is 0 Å². The number of ether oxygens (including phenoxy) is 1. The van der Waals surface area contributed by atoms with Crippen LogP contribution in [0.3, 0.4) is 0 Å². The number of carboxylic acid groups (broad SMARTS) is 1. The quantitative estimate of drug-likeness (QED) is 0.864. The van der Waals surface area contributed by atoms with Gasteiger partial charge in [-0.05, 0) is 12.5 Å². The van der Waals surface area contributed by atoms with E-state index in [-0.39, 0.29) is 17.7 Å². The highest BCUT2D eigenvalue weighted by atomic mass is 19.2. The Labute approximate surface area is 91.7 Å². The van der Waals surface area contributed by atoms with Crippen molar-refractivity contribution in [1.82, 2.24) is 0 Å². The van der Waals surface area contributed by atoms with E-state index in [9.17, 15) is 13.6 Å². The highest BCUT2D eigenvalue weighted by Crippen LogP contribution is 2.31. The van der Waals surface area contributed by atoms with Crippen molar-refractivity contribution < 1.29 is 23.4 Å². The monoisotopic (exact) mass is 230 g/mol. The molecule has 5 heteroatoms. The minimum absolute atomic E-state index is 0.0492. The third-order valence-corrected chi connectivity index (χ3v) is 2.35. The molecule has 3 nitrogen and oxygen atoms in total. The molecular formula is C11H12F2O3. The minimum atomic E-state index is -1.09. The van der Waals surface area contributed by atoms with E-state index in [2.05, 4.69) is 0 Å². The number of rotatable bonds is 4. The average molecular weight is 230 g/mol. The molecule has 0 amide bonds. The molecule has 0 aliphatic rings. The predicted molar refractivity (Wildman–Crippen MR) is 53.6 cm³/mol. The summed E-state index contributed by atoms with van der Waals surface area (Å²) in [5.74, 6) is -4.07. The van der Waals surface area contributed by atoms with Gasteiger partial charge in [0.15, 0.2) is 11.6 Å². The van der Waals surface area contributed by atoms with Crippen molar-refractivity contribution in [2.75, 3.05) is 7.11 Å². The van der Waals surface area contributed by atoms with Gasteiger partial charge in [-0.25, -0.2) is 8.78 Å². The summed E-state index contributed by atoms with van der Waals surface area (Å²) in [6.07, 6.45) is 0.275. The van der Waals surface area contributed by atoms with Crippen molar-refractivity contribution in [3.05, 3.63) is 29.3 Å². The number of benzene rings is 1. The van der Waals surface area contributed by atoms with Crippen molar-refractivity contribution in [3.8, 4) is 5.75 Å². The molecule has 0 aliphatic carbocycles. The molecule has 0 saturated heterocycles. The van der Waals surface area contributed by atoms with Crippen LogP contribution < -0.4 is 4.74 Å². The summed E-state index contributed by atoms with van der Waals surface area (Å²) in [6.45, 7) is 1.65. The summed E-state index contributed by atoms with van der Waals surface area (Å²) in [4.78, 5) is 10.9. The van der Waals surface area contributed by atoms with Crippen LogP contribution in [0, 0.1) is 11.6 Å². The first-order chi connectivity index (χ1) is 7.51. The Hall–Kier alpha value is -1.65. The molecule has 0 radical (unpaired) electrons. The number of aliphatic carboxylic acids is 1. The molecule has 0 saturated carbocycles. The van der Waals surface area contributed by atoms with E-state index in [1.165, 1.54) is 7.11 Å². The molecule has 1 aromatic carbocycles. The van der Waals surface area contributed by atoms with Crippen LogP contribution in [0.2, 0.25) is 0 Å². The second kappa shape index (κ2) is 4.92. The lowest BCUT2D eigenvalue weighted by molar-refractivity contribution is -0.138. The molecule has 0 bridgehead atoms. The lowest BCUT2D eigenvalue weighted by Gasteiger charge is -2.14. The Kier molecular flexibility index (Phi) is 3.82. The van der Waals surface area contributed by atoms with Gasteiger partial charge in [0.25, 0.3) is 0 Å². The SMILES string of the molecule is CCC(C(=O)O)c1cc(F)c(F)cc1OC. The highest BCUT2D eigenvalue weighted by molar-refractivity contribution is 5.77. The van der Waals surface area contributed by atoms with E-state index < -0.39 is 23.5 Å². The molecular weight excluding hydrogens is 218 g/mol. The molecule has 88 valence electrons. The topological polar surface area (TPSA) is 46.5 Å². The number of hydrogen-bond acceptors (Lipinski definition) is 2. The van der Waals surface area contributed by atoms with Crippen molar-refractivity contribution in [1.29, 1.82) is 0 Å². The van der Waals surface area contributed by atoms with Crippen LogP contribution in [0.4, 0.5) is 8.78 Å². The largest absolute Gasteiger partial charge is 0.496 e. The minimum Gasteiger partial charge on any atom is -0.496 e. The Morgan fingerprint density at radius 3 is 2.44 bits per heavy atom. The molecule has 1 N–H and O–H groups in total. The van der Waals surface area contributed by atoms with Crippen LogP contribution in [0.5, 0.6) is 5.75 Å². The van der Waals surface area contributed by atoms with Gasteiger partial charge in [0.1, 0.15) is 5.75 Å². The Morgan fingerprint density at radius 2 is 2.00 bits per heavy atom. The third-order valence-electron chi connectivity index (χ3n) is 2.35. The average Bonchev–Trinajstić information content (AvgIpc) is 2.23. The van der Waals surface area contributed by atoms with Crippen LogP contribution >= 0.6 is 0 Å². The van der Waals surface area contributed by atoms with E-state index in [1.807, 2.05) is 0 Å². The lowest BCUT2D eigenvalue weighted by atomic mass is 9.95. The van der Waals surface area contributed by atoms with Gasteiger partial charge < -0.3 is 9.84 Å². The van der Waals surface area contributed by atoms with Gasteiger partial charge in [-0.1, -0.05) is 6.92 Å². The molecule has 0 fully saturated rings. The summed E-state index contributed by atoms with van der Waals surface area (Å²) in [5, 5.41) is 8.94. The summed E-state index contributed by atoms with van der Waals surface area (Å²) in [5.41, 5.74) is 0.149. The normalized spacial score (nSPS) is 12.2. The summed E-state index contributed by atoms with van der Waals surface area (Å²) in [6, 6.07) is 1.73. The first kappa shape index (κ1) is 12.4. The van der Waals surface area contributed by atoms with Gasteiger partial charge in [0, 0.05) is 11.6 Å². The van der Waals surface area contributed by atoms with Crippen molar-refractivity contribution in [2.45, 2.75) is 19.3 Å². The van der Waals surface area contributed by atoms with E-state index in [4.69, 9.17) is 9.84 Å². The summed E-state index contributed by atoms with van der Waals surface area (Å²) in [7, 11) is 1.28. The van der Waals surface area contributed by atoms with Crippen LogP contribution in [-0.2, 0) is 4.79 Å². The lowest BCUT2D eigenvalue weighted by Crippen LogP contribution is -2.12. The molecule has 0 aromatic heterocycles. The van der Waals surface area contributed by atoms with E-state index in [1.54, 1.807) is 6.92 Å². The molecule has 1 unspecified atom stereocenters. The predicted octanol–water partition coefficient (Wildman–Crippen LogP) is 2.55. The van der Waals surface area contributed by atoms with E-state index >= 15 is 0 Å². The maximum atomic E-state index is 13.0. The Balaban J connectivity index is 3.30. The molecule has 1 aromatic rings. The molecule has 0 spiro atoms. The number of methoxy groups -OCH3 is 1. The maximum absolute atomic E-state index is 13.0. The number of carboxylic acids is 1. The standard InChI is InChI=1S/C11H12F2O3/c1-3-6(11(14)15)7-4-8(12)9(13)5-10(7)16-2/h4-6H,3H2,1-2H3,(H,14,15). The third kappa shape index (κ3) is 2.29. The van der Waals surface area contributed by atoms with Crippen LogP contribution in [0.15, 0.2) is 12.1 Å². The summed E-state index contributed by atoms with van der Waals surface area (Å²) < 4.78 is 30.8. The first-order valence-corrected chi connectivity index (χ1v) is 4.77. The zero-order valence-corrected chi connectivity index (χ0v) is 8.96. The fourth-order valence-corrected chi connectivity index (χ4v) is 1.52. The Morgan fingerprint density at radius 1 is 1.44 bits per heavy atom. The smallest absolute Gasteiger partial charge is 0.311 e. The fraction of sp³-hybridized carbons (Fsp3) is 0.364. The molecule has 0 heterocycles. The van der Waals surface area contributed by atoms with Gasteiger partial charge in [-0.2, -0.15) is 0 Å². The molecule has 0 aliphatic heterocycles. The molecule has 1 rings (SSSR count). The second-order valence-corrected chi connectivity index (χ2v) is 3.31. The number of carbonyl (C=O) groups is 1. The van der Waals surface area contributed by atoms with Crippen LogP contribution in [-0.4, -0.2) is 18.2 Å². The number of hydrogen-bond donors (Lipinski definition) is 1. The fourth-order valence-electron chi connectivity index (χ4n) is 1.52. The zero-order valence-electron chi connectivity index (χ0n) is 8.96. The maximum Gasteiger partial charge on any atom is 0.311 e. The van der Waals surface area contributed by atoms with Gasteiger partial charge in [0.2, 0.25) is 0 Å². The van der Waals surface area contributed by atoms with Gasteiger partial charge in [0.05, 0.1) is 13.0 Å². The van der Waals surface area contributed by atoms with Crippen molar-refractivity contribution >= 4 is 5.97 Å². The van der Waals surface area contributed by atoms with Crippen molar-refractivity contribution in [3.63, 3.8) is 0 Å². The van der Waals surface area contributed by atoms with Crippen molar-refractivity contribution in [2.24, 2.45) is 0 Å². The highest BCUT2D eigenvalue weighted by Gasteiger charge is 2.23. The van der Waals surface area contributed by atoms with Gasteiger partial charge in [-0.3, -0.25) is 4.79 Å².